The first kappa shape index (κ1) is 22.0. The fourth-order valence-electron chi connectivity index (χ4n) is 4.26. The lowest BCUT2D eigenvalue weighted by Crippen LogP contribution is -2.20. The van der Waals surface area contributed by atoms with E-state index in [1.807, 2.05) is 16.7 Å². The summed E-state index contributed by atoms with van der Waals surface area (Å²) in [6.45, 7) is 0. The van der Waals surface area contributed by atoms with E-state index in [1.165, 1.54) is 11.9 Å². The van der Waals surface area contributed by atoms with Crippen LogP contribution in [0.2, 0.25) is 5.02 Å². The van der Waals surface area contributed by atoms with Crippen molar-refractivity contribution in [1.82, 2.24) is 14.5 Å². The van der Waals surface area contributed by atoms with E-state index in [4.69, 9.17) is 17.3 Å². The molecular formula is C23H18ClF3N6O. The Balaban J connectivity index is 1.38. The molecule has 1 aliphatic carbocycles. The first-order valence-corrected chi connectivity index (χ1v) is 10.8. The molecule has 174 valence electrons. The number of hydrogen-bond acceptors (Lipinski definition) is 4. The van der Waals surface area contributed by atoms with E-state index < -0.39 is 17.8 Å². The van der Waals surface area contributed by atoms with Crippen molar-refractivity contribution in [3.8, 4) is 5.69 Å². The third kappa shape index (κ3) is 3.90. The van der Waals surface area contributed by atoms with Crippen LogP contribution in [-0.4, -0.2) is 20.6 Å². The van der Waals surface area contributed by atoms with Gasteiger partial charge in [-0.2, -0.15) is 13.2 Å². The Hall–Kier alpha value is -3.79. The van der Waals surface area contributed by atoms with E-state index in [2.05, 4.69) is 20.6 Å². The highest BCUT2D eigenvalue weighted by atomic mass is 35.5. The Morgan fingerprint density at radius 1 is 1.06 bits per heavy atom. The summed E-state index contributed by atoms with van der Waals surface area (Å²) in [6, 6.07) is 9.02. The van der Waals surface area contributed by atoms with Gasteiger partial charge in [0.05, 0.1) is 21.8 Å². The minimum Gasteiger partial charge on any atom is -0.382 e. The minimum atomic E-state index is -4.55. The third-order valence-electron chi connectivity index (χ3n) is 5.74. The van der Waals surface area contributed by atoms with Crippen LogP contribution in [0.4, 0.5) is 35.2 Å². The molecule has 0 saturated heterocycles. The summed E-state index contributed by atoms with van der Waals surface area (Å²) in [5.74, 6) is 0.388. The Kier molecular flexibility index (Phi) is 5.32. The maximum atomic E-state index is 13.0. The number of nitrogen functional groups attached to an aromatic ring is 1. The highest BCUT2D eigenvalue weighted by Gasteiger charge is 2.31. The highest BCUT2D eigenvalue weighted by Crippen LogP contribution is 2.36. The first-order valence-electron chi connectivity index (χ1n) is 10.4. The van der Waals surface area contributed by atoms with Crippen molar-refractivity contribution in [2.75, 3.05) is 16.4 Å². The molecule has 0 radical (unpaired) electrons. The van der Waals surface area contributed by atoms with Crippen LogP contribution in [0.15, 0.2) is 48.8 Å². The van der Waals surface area contributed by atoms with Crippen molar-refractivity contribution in [2.24, 2.45) is 0 Å². The maximum absolute atomic E-state index is 13.0. The summed E-state index contributed by atoms with van der Waals surface area (Å²) < 4.78 is 40.9. The number of anilines is 3. The third-order valence-corrected chi connectivity index (χ3v) is 6.07. The molecule has 0 aliphatic heterocycles. The second-order valence-corrected chi connectivity index (χ2v) is 8.30. The zero-order valence-corrected chi connectivity index (χ0v) is 18.3. The minimum absolute atomic E-state index is 0.00773. The number of alkyl halides is 3. The van der Waals surface area contributed by atoms with Gasteiger partial charge in [-0.25, -0.2) is 14.8 Å². The molecule has 0 atom stereocenters. The van der Waals surface area contributed by atoms with E-state index in [0.29, 0.717) is 11.5 Å². The van der Waals surface area contributed by atoms with E-state index in [-0.39, 0.29) is 10.7 Å². The average molecular weight is 487 g/mol. The van der Waals surface area contributed by atoms with Gasteiger partial charge in [0.15, 0.2) is 5.82 Å². The molecule has 34 heavy (non-hydrogen) atoms. The smallest absolute Gasteiger partial charge is 0.382 e. The summed E-state index contributed by atoms with van der Waals surface area (Å²) in [5, 5.41) is 4.95. The maximum Gasteiger partial charge on any atom is 0.416 e. The number of aryl methyl sites for hydroxylation is 1. The first-order chi connectivity index (χ1) is 16.2. The van der Waals surface area contributed by atoms with Crippen LogP contribution in [0.25, 0.3) is 16.7 Å². The molecule has 11 heteroatoms. The van der Waals surface area contributed by atoms with Gasteiger partial charge in [-0.3, -0.25) is 0 Å². The zero-order valence-electron chi connectivity index (χ0n) is 17.6. The molecule has 4 aromatic rings. The second-order valence-electron chi connectivity index (χ2n) is 7.89. The number of aromatic nitrogens is 3. The molecule has 2 heterocycles. The summed E-state index contributed by atoms with van der Waals surface area (Å²) in [5.41, 5.74) is 10.3. The van der Waals surface area contributed by atoms with Gasteiger partial charge in [0, 0.05) is 17.1 Å². The second kappa shape index (κ2) is 8.21. The number of carbonyl (C=O) groups is 1. The number of urea groups is 1. The number of nitrogens with two attached hydrogens (primary N) is 1. The fourth-order valence-corrected chi connectivity index (χ4v) is 4.42. The van der Waals surface area contributed by atoms with Crippen molar-refractivity contribution in [3.05, 3.63) is 70.6 Å². The van der Waals surface area contributed by atoms with Gasteiger partial charge in [-0.05, 0) is 67.3 Å². The number of nitrogens with one attached hydrogen (secondary N) is 2. The van der Waals surface area contributed by atoms with Crippen molar-refractivity contribution < 1.29 is 18.0 Å². The molecule has 7 nitrogen and oxygen atoms in total. The topological polar surface area (TPSA) is 97.9 Å². The van der Waals surface area contributed by atoms with Crippen LogP contribution < -0.4 is 16.4 Å². The molecule has 2 aromatic carbocycles. The summed E-state index contributed by atoms with van der Waals surface area (Å²) in [4.78, 5) is 20.9. The molecule has 0 unspecified atom stereocenters. The lowest BCUT2D eigenvalue weighted by atomic mass is 10.2. The van der Waals surface area contributed by atoms with Crippen LogP contribution >= 0.6 is 11.6 Å². The lowest BCUT2D eigenvalue weighted by molar-refractivity contribution is -0.137. The van der Waals surface area contributed by atoms with Crippen molar-refractivity contribution in [3.63, 3.8) is 0 Å². The van der Waals surface area contributed by atoms with Gasteiger partial charge < -0.3 is 20.9 Å². The number of benzene rings is 2. The number of rotatable bonds is 3. The molecule has 5 rings (SSSR count). The molecule has 1 aliphatic rings. The van der Waals surface area contributed by atoms with E-state index in [1.54, 1.807) is 12.1 Å². The van der Waals surface area contributed by atoms with Gasteiger partial charge in [-0.1, -0.05) is 11.6 Å². The average Bonchev–Trinajstić information content (AvgIpc) is 3.37. The quantitative estimate of drug-likeness (QED) is 0.340. The molecule has 0 fully saturated rings. The van der Waals surface area contributed by atoms with Crippen molar-refractivity contribution >= 4 is 45.9 Å². The number of carbonyl (C=O) groups excluding carboxylic acids is 1. The Bertz CT molecular complexity index is 1420. The molecule has 0 bridgehead atoms. The summed E-state index contributed by atoms with van der Waals surface area (Å²) >= 11 is 5.95. The number of hydrogen-bond donors (Lipinski definition) is 3. The lowest BCUT2D eigenvalue weighted by Gasteiger charge is -2.13. The van der Waals surface area contributed by atoms with Gasteiger partial charge in [-0.15, -0.1) is 0 Å². The SMILES string of the molecule is Nc1ncnc2c3c(n(-c4ccc(NC(=O)Nc5cc(C(F)(F)F)ccc5Cl)cc4)c12)CCC3. The molecular weight excluding hydrogens is 469 g/mol. The molecule has 2 aromatic heterocycles. The normalized spacial score (nSPS) is 13.2. The van der Waals surface area contributed by atoms with Crippen LogP contribution in [0.1, 0.15) is 23.2 Å². The van der Waals surface area contributed by atoms with Crippen LogP contribution in [0.5, 0.6) is 0 Å². The Morgan fingerprint density at radius 2 is 1.82 bits per heavy atom. The van der Waals surface area contributed by atoms with Gasteiger partial charge in [0.25, 0.3) is 0 Å². The molecule has 4 N–H and O–H groups in total. The Labute approximate surface area is 196 Å². The van der Waals surface area contributed by atoms with Crippen molar-refractivity contribution in [2.45, 2.75) is 25.4 Å². The standard InChI is InChI=1S/C23H18ClF3N6O/c24-16-9-4-12(23(25,26)27)10-17(16)32-22(34)31-13-5-7-14(8-6-13)33-18-3-1-2-15(18)19-20(33)21(28)30-11-29-19/h4-11H,1-3H2,(H2,28,29,30)(H2,31,32,34). The highest BCUT2D eigenvalue weighted by molar-refractivity contribution is 6.33. The molecule has 2 amide bonds. The molecule has 0 spiro atoms. The van der Waals surface area contributed by atoms with Gasteiger partial charge in [0.2, 0.25) is 0 Å². The van der Waals surface area contributed by atoms with Crippen LogP contribution in [0, 0.1) is 0 Å². The number of amides is 2. The number of nitrogens with zero attached hydrogens (tertiary/aromatic N) is 3. The predicted molar refractivity (Wildman–Crippen MR) is 124 cm³/mol. The van der Waals surface area contributed by atoms with E-state index in [0.717, 1.165) is 59.9 Å². The summed E-state index contributed by atoms with van der Waals surface area (Å²) in [6.07, 6.45) is -0.242. The van der Waals surface area contributed by atoms with E-state index >= 15 is 0 Å². The number of fused-ring (bicyclic) bond motifs is 3. The Morgan fingerprint density at radius 3 is 2.56 bits per heavy atom. The van der Waals surface area contributed by atoms with Crippen molar-refractivity contribution in [1.29, 1.82) is 0 Å². The van der Waals surface area contributed by atoms with Gasteiger partial charge >= 0.3 is 12.2 Å². The van der Waals surface area contributed by atoms with Crippen LogP contribution in [0.3, 0.4) is 0 Å². The molecule has 0 saturated carbocycles. The number of halogens is 4. The monoisotopic (exact) mass is 486 g/mol. The zero-order chi connectivity index (χ0) is 24.0. The van der Waals surface area contributed by atoms with Gasteiger partial charge in [0.1, 0.15) is 11.8 Å². The van der Waals surface area contributed by atoms with Crippen LogP contribution in [-0.2, 0) is 19.0 Å². The predicted octanol–water partition coefficient (Wildman–Crippen LogP) is 5.81. The van der Waals surface area contributed by atoms with E-state index in [9.17, 15) is 18.0 Å². The largest absolute Gasteiger partial charge is 0.416 e. The fraction of sp³-hybridized carbons (Fsp3) is 0.174. The summed E-state index contributed by atoms with van der Waals surface area (Å²) in [7, 11) is 0.